The molecule has 1 aromatic carbocycles. The van der Waals surface area contributed by atoms with E-state index in [1.165, 1.54) is 6.07 Å². The Morgan fingerprint density at radius 3 is 2.94 bits per heavy atom. The predicted molar refractivity (Wildman–Crippen MR) is 64.2 cm³/mol. The quantitative estimate of drug-likeness (QED) is 0.591. The molecule has 1 unspecified atom stereocenters. The van der Waals surface area contributed by atoms with Crippen LogP contribution in [0.4, 0.5) is 4.39 Å². The fourth-order valence-corrected chi connectivity index (χ4v) is 1.62. The monoisotopic (exact) mass is 223 g/mol. The Morgan fingerprint density at radius 2 is 2.31 bits per heavy atom. The lowest BCUT2D eigenvalue weighted by Crippen LogP contribution is -2.21. The second-order valence-electron chi connectivity index (χ2n) is 3.61. The van der Waals surface area contributed by atoms with Gasteiger partial charge in [0.05, 0.1) is 7.11 Å². The molecule has 1 N–H and O–H groups in total. The van der Waals surface area contributed by atoms with Crippen LogP contribution >= 0.6 is 0 Å². The molecule has 0 saturated heterocycles. The number of methoxy groups -OCH3 is 1. The second-order valence-corrected chi connectivity index (χ2v) is 3.61. The minimum Gasteiger partial charge on any atom is -0.496 e. The predicted octanol–water partition coefficient (Wildman–Crippen LogP) is 3.06. The highest BCUT2D eigenvalue weighted by Crippen LogP contribution is 2.27. The molecule has 0 spiro atoms. The molecule has 0 amide bonds. The van der Waals surface area contributed by atoms with Crippen LogP contribution in [0.25, 0.3) is 0 Å². The molecular formula is C13H18FNO. The minimum atomic E-state index is -0.238. The molecule has 0 fully saturated rings. The van der Waals surface area contributed by atoms with Crippen molar-refractivity contribution in [2.45, 2.75) is 19.4 Å². The van der Waals surface area contributed by atoms with Gasteiger partial charge in [0.15, 0.2) is 0 Å². The first-order valence-corrected chi connectivity index (χ1v) is 5.37. The van der Waals surface area contributed by atoms with E-state index in [2.05, 4.69) is 11.9 Å². The Labute approximate surface area is 96.1 Å². The van der Waals surface area contributed by atoms with Gasteiger partial charge in [0.25, 0.3) is 0 Å². The third-order valence-electron chi connectivity index (χ3n) is 2.46. The van der Waals surface area contributed by atoms with Crippen molar-refractivity contribution < 1.29 is 9.13 Å². The number of halogens is 1. The van der Waals surface area contributed by atoms with E-state index < -0.39 is 0 Å². The van der Waals surface area contributed by atoms with Crippen LogP contribution in [0, 0.1) is 5.82 Å². The van der Waals surface area contributed by atoms with Gasteiger partial charge in [-0.3, -0.25) is 0 Å². The summed E-state index contributed by atoms with van der Waals surface area (Å²) in [6, 6.07) is 4.79. The summed E-state index contributed by atoms with van der Waals surface area (Å²) in [7, 11) is 1.55. The molecule has 1 aromatic rings. The van der Waals surface area contributed by atoms with Crippen molar-refractivity contribution in [3.05, 3.63) is 42.2 Å². The van der Waals surface area contributed by atoms with Crippen LogP contribution in [-0.2, 0) is 0 Å². The Balaban J connectivity index is 2.80. The van der Waals surface area contributed by atoms with Crippen LogP contribution < -0.4 is 10.1 Å². The topological polar surface area (TPSA) is 21.3 Å². The molecule has 0 saturated carbocycles. The summed E-state index contributed by atoms with van der Waals surface area (Å²) in [5.41, 5.74) is 0.578. The molecule has 1 rings (SSSR count). The van der Waals surface area contributed by atoms with Crippen LogP contribution in [0.2, 0.25) is 0 Å². The highest BCUT2D eigenvalue weighted by molar-refractivity contribution is 5.36. The van der Waals surface area contributed by atoms with Gasteiger partial charge in [0.1, 0.15) is 11.6 Å². The zero-order valence-electron chi connectivity index (χ0n) is 9.79. The SMILES string of the molecule is C=CCCNC(C)c1c(F)cccc1OC. The average molecular weight is 223 g/mol. The largest absolute Gasteiger partial charge is 0.496 e. The molecule has 0 aliphatic carbocycles. The Kier molecular flexibility index (Phi) is 4.99. The lowest BCUT2D eigenvalue weighted by Gasteiger charge is -2.17. The molecule has 88 valence electrons. The van der Waals surface area contributed by atoms with Gasteiger partial charge in [-0.15, -0.1) is 6.58 Å². The Morgan fingerprint density at radius 1 is 1.56 bits per heavy atom. The maximum Gasteiger partial charge on any atom is 0.131 e. The summed E-state index contributed by atoms with van der Waals surface area (Å²) in [4.78, 5) is 0. The van der Waals surface area contributed by atoms with Crippen molar-refractivity contribution in [2.75, 3.05) is 13.7 Å². The standard InChI is InChI=1S/C13H18FNO/c1-4-5-9-15-10(2)13-11(14)7-6-8-12(13)16-3/h4,6-8,10,15H,1,5,9H2,2-3H3. The molecule has 0 aliphatic rings. The smallest absolute Gasteiger partial charge is 0.131 e. The highest BCUT2D eigenvalue weighted by Gasteiger charge is 2.15. The average Bonchev–Trinajstić information content (AvgIpc) is 2.28. The summed E-state index contributed by atoms with van der Waals surface area (Å²) in [6.07, 6.45) is 2.69. The van der Waals surface area contributed by atoms with E-state index in [4.69, 9.17) is 4.74 Å². The van der Waals surface area contributed by atoms with Crippen molar-refractivity contribution in [3.63, 3.8) is 0 Å². The van der Waals surface area contributed by atoms with Crippen LogP contribution in [0.3, 0.4) is 0 Å². The van der Waals surface area contributed by atoms with Gasteiger partial charge < -0.3 is 10.1 Å². The third-order valence-corrected chi connectivity index (χ3v) is 2.46. The van der Waals surface area contributed by atoms with Gasteiger partial charge in [-0.1, -0.05) is 12.1 Å². The van der Waals surface area contributed by atoms with Gasteiger partial charge in [-0.25, -0.2) is 4.39 Å². The van der Waals surface area contributed by atoms with Gasteiger partial charge in [0, 0.05) is 11.6 Å². The zero-order valence-corrected chi connectivity index (χ0v) is 9.79. The summed E-state index contributed by atoms with van der Waals surface area (Å²) >= 11 is 0. The molecule has 1 atom stereocenters. The van der Waals surface area contributed by atoms with Gasteiger partial charge >= 0.3 is 0 Å². The van der Waals surface area contributed by atoms with E-state index in [1.807, 2.05) is 13.0 Å². The van der Waals surface area contributed by atoms with Gasteiger partial charge in [-0.2, -0.15) is 0 Å². The lowest BCUT2D eigenvalue weighted by molar-refractivity contribution is 0.394. The second kappa shape index (κ2) is 6.28. The molecule has 0 bridgehead atoms. The summed E-state index contributed by atoms with van der Waals surface area (Å²) < 4.78 is 18.8. The maximum absolute atomic E-state index is 13.7. The van der Waals surface area contributed by atoms with Crippen molar-refractivity contribution >= 4 is 0 Å². The normalized spacial score (nSPS) is 12.2. The Bertz CT molecular complexity index is 352. The number of hydrogen-bond acceptors (Lipinski definition) is 2. The van der Waals surface area contributed by atoms with Crippen LogP contribution in [-0.4, -0.2) is 13.7 Å². The van der Waals surface area contributed by atoms with E-state index in [-0.39, 0.29) is 11.9 Å². The molecule has 2 nitrogen and oxygen atoms in total. The van der Waals surface area contributed by atoms with Crippen molar-refractivity contribution in [1.82, 2.24) is 5.32 Å². The molecular weight excluding hydrogens is 205 g/mol. The third kappa shape index (κ3) is 3.07. The van der Waals surface area contributed by atoms with E-state index in [1.54, 1.807) is 19.2 Å². The van der Waals surface area contributed by atoms with Gasteiger partial charge in [-0.05, 0) is 32.0 Å². The number of nitrogens with one attached hydrogen (secondary N) is 1. The van der Waals surface area contributed by atoms with Crippen molar-refractivity contribution in [2.24, 2.45) is 0 Å². The zero-order chi connectivity index (χ0) is 12.0. The Hall–Kier alpha value is -1.35. The summed E-state index contributed by atoms with van der Waals surface area (Å²) in [5, 5.41) is 3.22. The first-order chi connectivity index (χ1) is 7.70. The number of hydrogen-bond donors (Lipinski definition) is 1. The molecule has 16 heavy (non-hydrogen) atoms. The summed E-state index contributed by atoms with van der Waals surface area (Å²) in [5.74, 6) is 0.344. The van der Waals surface area contributed by atoms with Crippen LogP contribution in [0.1, 0.15) is 24.9 Å². The number of ether oxygens (including phenoxy) is 1. The molecule has 0 radical (unpaired) electrons. The highest BCUT2D eigenvalue weighted by atomic mass is 19.1. The van der Waals surface area contributed by atoms with Gasteiger partial charge in [0.2, 0.25) is 0 Å². The van der Waals surface area contributed by atoms with Crippen LogP contribution in [0.5, 0.6) is 5.75 Å². The van der Waals surface area contributed by atoms with Crippen LogP contribution in [0.15, 0.2) is 30.9 Å². The lowest BCUT2D eigenvalue weighted by atomic mass is 10.1. The van der Waals surface area contributed by atoms with E-state index in [0.29, 0.717) is 11.3 Å². The first kappa shape index (κ1) is 12.7. The molecule has 0 aliphatic heterocycles. The minimum absolute atomic E-state index is 0.0731. The molecule has 0 heterocycles. The first-order valence-electron chi connectivity index (χ1n) is 5.37. The maximum atomic E-state index is 13.7. The molecule has 3 heteroatoms. The molecule has 0 aromatic heterocycles. The number of benzene rings is 1. The van der Waals surface area contributed by atoms with E-state index in [9.17, 15) is 4.39 Å². The fraction of sp³-hybridized carbons (Fsp3) is 0.385. The van der Waals surface area contributed by atoms with E-state index in [0.717, 1.165) is 13.0 Å². The van der Waals surface area contributed by atoms with Crippen molar-refractivity contribution in [1.29, 1.82) is 0 Å². The summed E-state index contributed by atoms with van der Waals surface area (Å²) in [6.45, 7) is 6.34. The van der Waals surface area contributed by atoms with Crippen molar-refractivity contribution in [3.8, 4) is 5.75 Å². The van der Waals surface area contributed by atoms with E-state index >= 15 is 0 Å². The fourth-order valence-electron chi connectivity index (χ4n) is 1.62. The number of rotatable bonds is 6.